The van der Waals surface area contributed by atoms with Crippen LogP contribution in [0, 0.1) is 23.0 Å². The molecule has 0 radical (unpaired) electrons. The molecule has 0 amide bonds. The Morgan fingerprint density at radius 3 is 2.63 bits per heavy atom. The van der Waals surface area contributed by atoms with Crippen molar-refractivity contribution in [1.29, 1.82) is 5.26 Å². The summed E-state index contributed by atoms with van der Waals surface area (Å²) in [5.74, 6) is -3.13. The van der Waals surface area contributed by atoms with E-state index in [1.54, 1.807) is 6.07 Å². The summed E-state index contributed by atoms with van der Waals surface area (Å²) in [6.07, 6.45) is 0. The molecule has 7 heteroatoms. The first-order valence-electron chi connectivity index (χ1n) is 5.51. The number of nitriles is 1. The maximum absolute atomic E-state index is 13.9. The summed E-state index contributed by atoms with van der Waals surface area (Å²) >= 11 is 0. The van der Waals surface area contributed by atoms with Gasteiger partial charge in [-0.2, -0.15) is 5.26 Å². The second kappa shape index (κ2) is 5.20. The predicted molar refractivity (Wildman–Crippen MR) is 60.7 cm³/mol. The lowest BCUT2D eigenvalue weighted by Gasteiger charge is -2.34. The molecule has 1 aliphatic heterocycles. The van der Waals surface area contributed by atoms with Gasteiger partial charge in [-0.15, -0.1) is 0 Å². The molecule has 1 unspecified atom stereocenters. The fourth-order valence-electron chi connectivity index (χ4n) is 1.98. The fraction of sp³-hybridized carbons (Fsp3) is 0.333. The summed E-state index contributed by atoms with van der Waals surface area (Å²) in [6, 6.07) is 2.25. The van der Waals surface area contributed by atoms with Crippen molar-refractivity contribution in [2.45, 2.75) is 6.04 Å². The van der Waals surface area contributed by atoms with Crippen LogP contribution in [0.25, 0.3) is 0 Å². The number of anilines is 1. The van der Waals surface area contributed by atoms with Crippen molar-refractivity contribution in [3.8, 4) is 6.07 Å². The zero-order chi connectivity index (χ0) is 14.0. The van der Waals surface area contributed by atoms with Gasteiger partial charge in [0.1, 0.15) is 5.69 Å². The lowest BCUT2D eigenvalue weighted by molar-refractivity contribution is -0.141. The standard InChI is InChI=1S/C12H10F2N2O3/c13-8-3-7(5-15)4-9(14)11(8)16-1-2-19-6-10(16)12(17)18/h3-4,10H,1-2,6H2,(H,17,18). The third-order valence-corrected chi connectivity index (χ3v) is 2.85. The lowest BCUT2D eigenvalue weighted by atomic mass is 10.1. The minimum absolute atomic E-state index is 0.0662. The maximum Gasteiger partial charge on any atom is 0.328 e. The molecular formula is C12H10F2N2O3. The monoisotopic (exact) mass is 268 g/mol. The van der Waals surface area contributed by atoms with Gasteiger partial charge >= 0.3 is 5.97 Å². The molecular weight excluding hydrogens is 258 g/mol. The first-order valence-corrected chi connectivity index (χ1v) is 5.51. The minimum atomic E-state index is -1.22. The van der Waals surface area contributed by atoms with Crippen LogP contribution >= 0.6 is 0 Å². The molecule has 5 nitrogen and oxygen atoms in total. The number of carbonyl (C=O) groups is 1. The molecule has 0 saturated carbocycles. The number of halogens is 2. The van der Waals surface area contributed by atoms with E-state index in [0.29, 0.717) is 0 Å². The number of hydrogen-bond acceptors (Lipinski definition) is 4. The number of ether oxygens (including phenoxy) is 1. The van der Waals surface area contributed by atoms with Crippen LogP contribution in [-0.2, 0) is 9.53 Å². The summed E-state index contributed by atoms with van der Waals surface area (Å²) in [7, 11) is 0. The van der Waals surface area contributed by atoms with Crippen LogP contribution in [-0.4, -0.2) is 36.9 Å². The third-order valence-electron chi connectivity index (χ3n) is 2.85. The number of morpholine rings is 1. The van der Waals surface area contributed by atoms with E-state index in [2.05, 4.69) is 0 Å². The van der Waals surface area contributed by atoms with Gasteiger partial charge in [-0.1, -0.05) is 0 Å². The van der Waals surface area contributed by atoms with Gasteiger partial charge in [0.15, 0.2) is 17.7 Å². The number of carboxylic acid groups (broad SMARTS) is 1. The number of benzene rings is 1. The summed E-state index contributed by atoms with van der Waals surface area (Å²) in [5.41, 5.74) is -0.589. The van der Waals surface area contributed by atoms with E-state index in [9.17, 15) is 13.6 Å². The van der Waals surface area contributed by atoms with Crippen molar-refractivity contribution >= 4 is 11.7 Å². The van der Waals surface area contributed by atoms with E-state index in [0.717, 1.165) is 17.0 Å². The molecule has 2 rings (SSSR count). The van der Waals surface area contributed by atoms with Gasteiger partial charge in [0.05, 0.1) is 24.8 Å². The molecule has 1 aliphatic rings. The zero-order valence-electron chi connectivity index (χ0n) is 9.77. The van der Waals surface area contributed by atoms with Crippen LogP contribution in [0.15, 0.2) is 12.1 Å². The quantitative estimate of drug-likeness (QED) is 0.870. The van der Waals surface area contributed by atoms with Crippen LogP contribution in [0.1, 0.15) is 5.56 Å². The Morgan fingerprint density at radius 2 is 2.11 bits per heavy atom. The molecule has 1 fully saturated rings. The molecule has 100 valence electrons. The number of carboxylic acids is 1. The predicted octanol–water partition coefficient (Wildman–Crippen LogP) is 1.13. The number of hydrogen-bond donors (Lipinski definition) is 1. The maximum atomic E-state index is 13.9. The van der Waals surface area contributed by atoms with Crippen LogP contribution < -0.4 is 4.90 Å². The van der Waals surface area contributed by atoms with E-state index in [1.165, 1.54) is 0 Å². The van der Waals surface area contributed by atoms with E-state index < -0.39 is 29.3 Å². The van der Waals surface area contributed by atoms with Gasteiger partial charge in [-0.05, 0) is 12.1 Å². The van der Waals surface area contributed by atoms with Crippen molar-refractivity contribution in [3.63, 3.8) is 0 Å². The Hall–Kier alpha value is -2.20. The Bertz CT molecular complexity index is 533. The highest BCUT2D eigenvalue weighted by Crippen LogP contribution is 2.28. The number of aliphatic carboxylic acids is 1. The minimum Gasteiger partial charge on any atom is -0.480 e. The van der Waals surface area contributed by atoms with E-state index in [4.69, 9.17) is 15.1 Å². The van der Waals surface area contributed by atoms with Crippen LogP contribution in [0.5, 0.6) is 0 Å². The lowest BCUT2D eigenvalue weighted by Crippen LogP contribution is -2.50. The molecule has 1 atom stereocenters. The molecule has 1 aromatic carbocycles. The highest BCUT2D eigenvalue weighted by Gasteiger charge is 2.32. The number of rotatable bonds is 2. The molecule has 0 spiro atoms. The van der Waals surface area contributed by atoms with E-state index in [1.807, 2.05) is 0 Å². The van der Waals surface area contributed by atoms with Gasteiger partial charge in [0.2, 0.25) is 0 Å². The smallest absolute Gasteiger partial charge is 0.328 e. The highest BCUT2D eigenvalue weighted by atomic mass is 19.1. The summed E-state index contributed by atoms with van der Waals surface area (Å²) in [4.78, 5) is 12.2. The Kier molecular flexibility index (Phi) is 3.62. The van der Waals surface area contributed by atoms with Crippen molar-refractivity contribution in [1.82, 2.24) is 0 Å². The average Bonchev–Trinajstić information content (AvgIpc) is 2.38. The van der Waals surface area contributed by atoms with Crippen molar-refractivity contribution in [2.75, 3.05) is 24.7 Å². The topological polar surface area (TPSA) is 73.6 Å². The van der Waals surface area contributed by atoms with Gasteiger partial charge in [-0.25, -0.2) is 13.6 Å². The number of nitrogens with zero attached hydrogens (tertiary/aromatic N) is 2. The molecule has 0 aliphatic carbocycles. The Balaban J connectivity index is 2.45. The van der Waals surface area contributed by atoms with Crippen LogP contribution in [0.4, 0.5) is 14.5 Å². The SMILES string of the molecule is N#Cc1cc(F)c(N2CCOCC2C(=O)O)c(F)c1. The second-order valence-corrected chi connectivity index (χ2v) is 4.02. The van der Waals surface area contributed by atoms with Crippen molar-refractivity contribution in [2.24, 2.45) is 0 Å². The largest absolute Gasteiger partial charge is 0.480 e. The molecule has 1 aromatic rings. The first kappa shape index (κ1) is 13.2. The molecule has 0 aromatic heterocycles. The van der Waals surface area contributed by atoms with Crippen molar-refractivity contribution < 1.29 is 23.4 Å². The van der Waals surface area contributed by atoms with Crippen molar-refractivity contribution in [3.05, 3.63) is 29.3 Å². The second-order valence-electron chi connectivity index (χ2n) is 4.02. The Morgan fingerprint density at radius 1 is 1.47 bits per heavy atom. The highest BCUT2D eigenvalue weighted by molar-refractivity contribution is 5.79. The van der Waals surface area contributed by atoms with Crippen LogP contribution in [0.2, 0.25) is 0 Å². The van der Waals surface area contributed by atoms with E-state index >= 15 is 0 Å². The molecule has 1 N–H and O–H groups in total. The molecule has 19 heavy (non-hydrogen) atoms. The van der Waals surface area contributed by atoms with Gasteiger partial charge in [0, 0.05) is 6.54 Å². The summed E-state index contributed by atoms with van der Waals surface area (Å²) in [5, 5.41) is 17.7. The van der Waals surface area contributed by atoms with E-state index in [-0.39, 0.29) is 25.3 Å². The first-order chi connectivity index (χ1) is 9.04. The third kappa shape index (κ3) is 2.48. The normalized spacial score (nSPS) is 19.0. The average molecular weight is 268 g/mol. The van der Waals surface area contributed by atoms with Gasteiger partial charge in [-0.3, -0.25) is 0 Å². The zero-order valence-corrected chi connectivity index (χ0v) is 9.77. The Labute approximate surface area is 107 Å². The molecule has 0 bridgehead atoms. The fourth-order valence-corrected chi connectivity index (χ4v) is 1.98. The van der Waals surface area contributed by atoms with Gasteiger partial charge < -0.3 is 14.7 Å². The van der Waals surface area contributed by atoms with Gasteiger partial charge in [0.25, 0.3) is 0 Å². The van der Waals surface area contributed by atoms with Crippen LogP contribution in [0.3, 0.4) is 0 Å². The molecule has 1 saturated heterocycles. The summed E-state index contributed by atoms with van der Waals surface area (Å²) < 4.78 is 32.7. The molecule has 1 heterocycles. The summed E-state index contributed by atoms with van der Waals surface area (Å²) in [6.45, 7) is 0.105.